The predicted molar refractivity (Wildman–Crippen MR) is 514 cm³/mol. The van der Waals surface area contributed by atoms with Crippen LogP contribution in [0.1, 0.15) is 176 Å². The van der Waals surface area contributed by atoms with Crippen molar-refractivity contribution in [3.8, 4) is 0 Å². The molecular weight excluding hydrogens is 1860 g/mol. The van der Waals surface area contributed by atoms with Crippen LogP contribution in [0.3, 0.4) is 0 Å². The van der Waals surface area contributed by atoms with Crippen LogP contribution in [0.25, 0.3) is 0 Å². The molecule has 0 aromatic heterocycles. The minimum absolute atomic E-state index is 0.0127. The molecule has 16 amide bonds. The third kappa shape index (κ3) is 50.9. The standard InChI is InChI=1S/C80H147N33O21S3/c1-8-40(4)58(73(131)106-48(22-15-32-97-79(89)90)65(123)108-52(35-39(2)3)70(128)111-54(37-135)71(129)104-46(20-13-30-95-77(85)86)64(122)102-47(21-14-31-96-78(87)88)66(124)109-53(75(133)134)36-57(116)117)112-69(127)49(23-16-33-98-80(91)92)100-60(118)41(5)99-62(120)44(17-9-10-27-81)101-63(121)45(19-12-29-94-76(83)84)103-67(125)50(24-25-56(82)115)107-74(132)59(42(6)114)113-72(130)55(38-136)110-68(126)51(26-34-137-7)105-61(119)43-18-11-28-93-43/h39-55,58-59,93,114,135-136H,8-38,81H2,1-7H3,(H2,82,115)(H,99,120)(H,100,118)(H,101,121)(H,102,122)(H,103,125)(H,104,129)(H,105,119)(H,106,131)(H,107,132)(H,108,123)(H,109,124)(H,110,126)(H,111,128)(H,112,127)(H,113,130)(H,116,117)(H,133,134)(H4,83,84,94)(H4,85,86,95)(H4,87,88,96)(H4,89,90,97)(H4,91,92,98)/t40-,41-,42+,43-,44-,45-,46-,47-,48-,49-,50-,51-,52-,53-,54-,55-,58-,59-/m0/s1. The third-order valence-corrected chi connectivity index (χ3v) is 22.5. The number of carboxylic acids is 2. The average molecular weight is 2000 g/mol. The van der Waals surface area contributed by atoms with Crippen molar-refractivity contribution < 1.29 is 102 Å². The Morgan fingerprint density at radius 1 is 0.394 bits per heavy atom. The molecule has 776 valence electrons. The van der Waals surface area contributed by atoms with Gasteiger partial charge in [0.25, 0.3) is 0 Å². The quantitative estimate of drug-likeness (QED) is 0.0116. The number of carboxylic acid groups (broad SMARTS) is 2. The second-order valence-electron chi connectivity index (χ2n) is 33.1. The molecule has 1 heterocycles. The summed E-state index contributed by atoms with van der Waals surface area (Å²) in [4.78, 5) is 250. The molecule has 0 spiro atoms. The number of primary amides is 1. The van der Waals surface area contributed by atoms with Gasteiger partial charge in [0.2, 0.25) is 94.5 Å². The van der Waals surface area contributed by atoms with Crippen molar-refractivity contribution in [2.24, 2.45) is 52.0 Å². The van der Waals surface area contributed by atoms with Gasteiger partial charge < -0.3 is 167 Å². The fraction of sp³-hybridized carbons (Fsp3) is 0.713. The topological polar surface area (TPSA) is 922 Å². The first-order chi connectivity index (χ1) is 64.5. The first kappa shape index (κ1) is 123. The number of thioether (sulfide) groups is 1. The number of carbonyl (C=O) groups excluding carboxylic acids is 16. The first-order valence-electron chi connectivity index (χ1n) is 45.0. The molecule has 1 aliphatic heterocycles. The molecule has 1 fully saturated rings. The number of thiol groups is 2. The van der Waals surface area contributed by atoms with Gasteiger partial charge in [0.1, 0.15) is 90.6 Å². The molecule has 18 atom stereocenters. The summed E-state index contributed by atoms with van der Waals surface area (Å²) >= 11 is 9.95. The minimum Gasteiger partial charge on any atom is -0.481 e. The zero-order chi connectivity index (χ0) is 104. The van der Waals surface area contributed by atoms with E-state index in [1.54, 1.807) is 34.0 Å². The molecule has 54 nitrogen and oxygen atoms in total. The lowest BCUT2D eigenvalue weighted by molar-refractivity contribution is -0.147. The molecule has 1 rings (SSSR count). The number of guanidine groups is 5. The van der Waals surface area contributed by atoms with Gasteiger partial charge in [-0.15, -0.1) is 0 Å². The highest BCUT2D eigenvalue weighted by atomic mass is 32.2. The lowest BCUT2D eigenvalue weighted by Crippen LogP contribution is -2.62. The Balaban J connectivity index is 3.82. The minimum atomic E-state index is -1.95. The summed E-state index contributed by atoms with van der Waals surface area (Å²) < 4.78 is 0. The molecule has 137 heavy (non-hydrogen) atoms. The Hall–Kier alpha value is -12.3. The number of hydrogen-bond acceptors (Lipinski definition) is 29. The van der Waals surface area contributed by atoms with Gasteiger partial charge in [0.05, 0.1) is 18.6 Å². The lowest BCUT2D eigenvalue weighted by Gasteiger charge is -2.30. The SMILES string of the molecule is CC[C@H](C)[C@H](NC(=O)[C@H](CCCNC(=N)N)NC(=O)[C@H](C)NC(=O)[C@H](CCCCN)NC(=O)[C@H](CCCNC(=N)N)NC(=O)[C@H](CCC(N)=O)NC(=O)[C@@H](NC(=O)[C@H](CS)NC(=O)[C@H](CCSC)NC(=O)[C@@H]1CCCN1)[C@@H](C)O)C(=O)N[C@@H](CCCNC(=N)N)C(=O)N[C@@H](CC(C)C)C(=O)N[C@@H](CS)C(=O)N[C@@H](CCCNC(=N)N)C(=O)N[C@@H](CCCNC(=N)N)C(=O)N[C@@H](CC(=O)O)C(=O)O. The summed E-state index contributed by atoms with van der Waals surface area (Å²) in [5, 5.41) is 122. The molecular formula is C80H147N33O21S3. The fourth-order valence-corrected chi connectivity index (χ4v) is 14.4. The monoisotopic (exact) mass is 2000 g/mol. The van der Waals surface area contributed by atoms with E-state index in [1.807, 2.05) is 0 Å². The largest absolute Gasteiger partial charge is 0.481 e. The van der Waals surface area contributed by atoms with E-state index in [9.17, 15) is 102 Å². The average Bonchev–Trinajstić information content (AvgIpc) is 1.37. The van der Waals surface area contributed by atoms with E-state index in [1.165, 1.54) is 18.7 Å². The van der Waals surface area contributed by atoms with Crippen molar-refractivity contribution in [1.29, 1.82) is 27.0 Å². The maximum absolute atomic E-state index is 14.9. The van der Waals surface area contributed by atoms with Crippen LogP contribution >= 0.6 is 37.0 Å². The van der Waals surface area contributed by atoms with Crippen molar-refractivity contribution in [2.45, 2.75) is 279 Å². The molecule has 0 radical (unpaired) electrons. The number of nitrogens with two attached hydrogens (primary N) is 7. The number of aliphatic hydroxyl groups excluding tert-OH is 1. The summed E-state index contributed by atoms with van der Waals surface area (Å²) in [6, 6.07) is -24.3. The second kappa shape index (κ2) is 67.1. The van der Waals surface area contributed by atoms with E-state index in [0.717, 1.165) is 13.3 Å². The van der Waals surface area contributed by atoms with Crippen molar-refractivity contribution >= 4 is 173 Å². The molecule has 0 aromatic rings. The predicted octanol–water partition coefficient (Wildman–Crippen LogP) is -10.6. The Labute approximate surface area is 810 Å². The van der Waals surface area contributed by atoms with Crippen LogP contribution in [-0.4, -0.2) is 324 Å². The van der Waals surface area contributed by atoms with E-state index in [-0.39, 0.29) is 147 Å². The number of amides is 16. The zero-order valence-corrected chi connectivity index (χ0v) is 81.0. The van der Waals surface area contributed by atoms with Crippen molar-refractivity contribution in [3.05, 3.63) is 0 Å². The Morgan fingerprint density at radius 3 is 1.04 bits per heavy atom. The van der Waals surface area contributed by atoms with Crippen LogP contribution in [0.15, 0.2) is 0 Å². The highest BCUT2D eigenvalue weighted by Crippen LogP contribution is 2.17. The number of unbranched alkanes of at least 4 members (excludes halogenated alkanes) is 1. The number of nitrogens with one attached hydrogen (secondary N) is 26. The van der Waals surface area contributed by atoms with Gasteiger partial charge in [-0.25, -0.2) is 4.79 Å². The molecule has 43 N–H and O–H groups in total. The molecule has 1 aliphatic rings. The molecule has 0 aromatic carbocycles. The van der Waals surface area contributed by atoms with E-state index in [4.69, 9.17) is 67.2 Å². The Morgan fingerprint density at radius 2 is 0.708 bits per heavy atom. The summed E-state index contributed by atoms with van der Waals surface area (Å²) in [6.45, 7) is 9.56. The van der Waals surface area contributed by atoms with Crippen LogP contribution in [0.5, 0.6) is 0 Å². The normalized spacial score (nSPS) is 15.8. The van der Waals surface area contributed by atoms with Crippen molar-refractivity contribution in [1.82, 2.24) is 112 Å². The summed E-state index contributed by atoms with van der Waals surface area (Å²) in [6.07, 6.45) is -1.38. The molecule has 1 saturated heterocycles. The number of aliphatic hydroxyl groups is 1. The van der Waals surface area contributed by atoms with Gasteiger partial charge in [-0.2, -0.15) is 37.0 Å². The number of hydrogen-bond donors (Lipinski definition) is 38. The summed E-state index contributed by atoms with van der Waals surface area (Å²) in [5.41, 5.74) is 38.9. The van der Waals surface area contributed by atoms with Gasteiger partial charge in [0.15, 0.2) is 29.8 Å². The van der Waals surface area contributed by atoms with E-state index in [0.29, 0.717) is 25.1 Å². The first-order valence-corrected chi connectivity index (χ1v) is 47.7. The maximum Gasteiger partial charge on any atom is 0.326 e. The molecule has 0 bridgehead atoms. The molecule has 57 heteroatoms. The summed E-state index contributed by atoms with van der Waals surface area (Å²) in [7, 11) is 0. The van der Waals surface area contributed by atoms with E-state index < -0.39 is 270 Å². The van der Waals surface area contributed by atoms with Crippen LogP contribution in [-0.2, 0) is 86.3 Å². The van der Waals surface area contributed by atoms with Crippen molar-refractivity contribution in [3.63, 3.8) is 0 Å². The molecule has 0 aliphatic carbocycles. The van der Waals surface area contributed by atoms with E-state index in [2.05, 4.69) is 137 Å². The third-order valence-electron chi connectivity index (χ3n) is 21.2. The molecule has 0 saturated carbocycles. The van der Waals surface area contributed by atoms with Crippen LogP contribution in [0.4, 0.5) is 0 Å². The van der Waals surface area contributed by atoms with Crippen molar-refractivity contribution in [2.75, 3.05) is 69.3 Å². The number of rotatable bonds is 70. The van der Waals surface area contributed by atoms with E-state index >= 15 is 0 Å². The zero-order valence-electron chi connectivity index (χ0n) is 78.4. The highest BCUT2D eigenvalue weighted by Gasteiger charge is 2.41. The second-order valence-corrected chi connectivity index (χ2v) is 34.8. The number of aliphatic carboxylic acids is 2. The van der Waals surface area contributed by atoms with Crippen LogP contribution < -0.4 is 152 Å². The van der Waals surface area contributed by atoms with Crippen LogP contribution in [0.2, 0.25) is 0 Å². The number of carbonyl (C=O) groups is 18. The Bertz CT molecular complexity index is 4050. The summed E-state index contributed by atoms with van der Waals surface area (Å²) in [5.74, 6) is -22.6. The molecule has 0 unspecified atom stereocenters. The van der Waals surface area contributed by atoms with Crippen LogP contribution in [0, 0.1) is 38.9 Å². The van der Waals surface area contributed by atoms with Gasteiger partial charge in [-0.1, -0.05) is 34.1 Å². The van der Waals surface area contributed by atoms with Gasteiger partial charge >= 0.3 is 11.9 Å². The van der Waals surface area contributed by atoms with Gasteiger partial charge in [-0.05, 0) is 166 Å². The lowest BCUT2D eigenvalue weighted by atomic mass is 9.96. The highest BCUT2D eigenvalue weighted by molar-refractivity contribution is 7.98. The smallest absolute Gasteiger partial charge is 0.326 e. The fourth-order valence-electron chi connectivity index (χ4n) is 13.5. The maximum atomic E-state index is 14.9. The Kier molecular flexibility index (Phi) is 60.1. The van der Waals surface area contributed by atoms with Gasteiger partial charge in [-0.3, -0.25) is 109 Å². The van der Waals surface area contributed by atoms with Gasteiger partial charge in [0, 0.05) is 50.7 Å².